The summed E-state index contributed by atoms with van der Waals surface area (Å²) in [7, 11) is 0. The van der Waals surface area contributed by atoms with Gasteiger partial charge in [0.15, 0.2) is 5.75 Å². The van der Waals surface area contributed by atoms with Gasteiger partial charge in [-0.2, -0.15) is 8.78 Å². The standard InChI is InChI=1S/C19H16ClF2N5O4S/c1-9-4-11(12-5-15(20)24-7-14(12)31-17(21)22)13(6-23-9)16(28)25-18-26-27-19(32-18)30-10-2-3-29-8-10/h4-7,10,17H,2-3,8H2,1H3,(H,25,26,28)/t10-/m0/s1. The van der Waals surface area contributed by atoms with Gasteiger partial charge in [-0.25, -0.2) is 4.98 Å². The maximum Gasteiger partial charge on any atom is 0.387 e. The molecule has 0 aliphatic carbocycles. The number of rotatable bonds is 7. The Bertz CT molecular complexity index is 1130. The van der Waals surface area contributed by atoms with E-state index in [-0.39, 0.29) is 33.3 Å². The first-order valence-electron chi connectivity index (χ1n) is 9.35. The Morgan fingerprint density at radius 3 is 2.88 bits per heavy atom. The van der Waals surface area contributed by atoms with Crippen LogP contribution >= 0.6 is 22.9 Å². The van der Waals surface area contributed by atoms with Crippen molar-refractivity contribution in [2.75, 3.05) is 18.5 Å². The van der Waals surface area contributed by atoms with E-state index in [2.05, 4.69) is 30.2 Å². The molecule has 32 heavy (non-hydrogen) atoms. The normalized spacial score (nSPS) is 15.7. The number of nitrogens with one attached hydrogen (secondary N) is 1. The zero-order valence-electron chi connectivity index (χ0n) is 16.5. The molecule has 0 bridgehead atoms. The van der Waals surface area contributed by atoms with Gasteiger partial charge < -0.3 is 14.2 Å². The molecule has 3 aromatic heterocycles. The summed E-state index contributed by atoms with van der Waals surface area (Å²) in [6.07, 6.45) is 3.04. The number of carbonyl (C=O) groups is 1. The molecular weight excluding hydrogens is 468 g/mol. The third-order valence-electron chi connectivity index (χ3n) is 4.41. The summed E-state index contributed by atoms with van der Waals surface area (Å²) >= 11 is 7.02. The molecule has 168 valence electrons. The van der Waals surface area contributed by atoms with Gasteiger partial charge in [-0.3, -0.25) is 15.1 Å². The monoisotopic (exact) mass is 483 g/mol. The minimum atomic E-state index is -3.08. The van der Waals surface area contributed by atoms with Gasteiger partial charge in [0.25, 0.3) is 11.1 Å². The first-order chi connectivity index (χ1) is 15.4. The van der Waals surface area contributed by atoms with Crippen molar-refractivity contribution in [3.05, 3.63) is 40.9 Å². The Morgan fingerprint density at radius 2 is 2.12 bits per heavy atom. The topological polar surface area (TPSA) is 108 Å². The highest BCUT2D eigenvalue weighted by molar-refractivity contribution is 7.17. The third kappa shape index (κ3) is 5.26. The Morgan fingerprint density at radius 1 is 1.28 bits per heavy atom. The number of anilines is 1. The van der Waals surface area contributed by atoms with Gasteiger partial charge in [0, 0.05) is 29.4 Å². The minimum Gasteiger partial charge on any atom is -0.463 e. The Balaban J connectivity index is 1.61. The predicted molar refractivity (Wildman–Crippen MR) is 112 cm³/mol. The van der Waals surface area contributed by atoms with Gasteiger partial charge in [0.2, 0.25) is 5.13 Å². The lowest BCUT2D eigenvalue weighted by atomic mass is 10.0. The molecule has 9 nitrogen and oxygen atoms in total. The van der Waals surface area contributed by atoms with E-state index in [1.807, 2.05) is 0 Å². The van der Waals surface area contributed by atoms with E-state index >= 15 is 0 Å². The summed E-state index contributed by atoms with van der Waals surface area (Å²) < 4.78 is 41.2. The molecule has 13 heteroatoms. The summed E-state index contributed by atoms with van der Waals surface area (Å²) in [5.74, 6) is -0.801. The van der Waals surface area contributed by atoms with Crippen LogP contribution in [0.5, 0.6) is 10.9 Å². The van der Waals surface area contributed by atoms with Crippen LogP contribution in [-0.2, 0) is 4.74 Å². The van der Waals surface area contributed by atoms with Crippen LogP contribution in [0.3, 0.4) is 0 Å². The molecule has 0 saturated carbocycles. The van der Waals surface area contributed by atoms with Crippen molar-refractivity contribution in [2.24, 2.45) is 0 Å². The van der Waals surface area contributed by atoms with Gasteiger partial charge in [0.05, 0.1) is 25.0 Å². The van der Waals surface area contributed by atoms with E-state index in [1.165, 1.54) is 12.3 Å². The van der Waals surface area contributed by atoms with Crippen molar-refractivity contribution in [3.8, 4) is 22.1 Å². The number of aromatic nitrogens is 4. The number of pyridine rings is 2. The van der Waals surface area contributed by atoms with E-state index < -0.39 is 12.5 Å². The van der Waals surface area contributed by atoms with Gasteiger partial charge in [-0.15, -0.1) is 5.10 Å². The fraction of sp³-hybridized carbons (Fsp3) is 0.316. The lowest BCUT2D eigenvalue weighted by Crippen LogP contribution is -2.15. The van der Waals surface area contributed by atoms with Gasteiger partial charge in [-0.1, -0.05) is 16.7 Å². The highest BCUT2D eigenvalue weighted by Crippen LogP contribution is 2.35. The Hall–Kier alpha value is -2.96. The second kappa shape index (κ2) is 9.67. The van der Waals surface area contributed by atoms with Crippen LogP contribution < -0.4 is 14.8 Å². The highest BCUT2D eigenvalue weighted by atomic mass is 35.5. The average Bonchev–Trinajstić information content (AvgIpc) is 3.41. The van der Waals surface area contributed by atoms with Crippen molar-refractivity contribution in [1.29, 1.82) is 0 Å². The molecule has 4 rings (SSSR count). The largest absolute Gasteiger partial charge is 0.463 e. The molecule has 1 amide bonds. The number of alkyl halides is 2. The van der Waals surface area contributed by atoms with Crippen LogP contribution in [0.15, 0.2) is 24.5 Å². The lowest BCUT2D eigenvalue weighted by molar-refractivity contribution is -0.0496. The van der Waals surface area contributed by atoms with Gasteiger partial charge in [0.1, 0.15) is 11.3 Å². The fourth-order valence-electron chi connectivity index (χ4n) is 3.00. The molecule has 1 fully saturated rings. The van der Waals surface area contributed by atoms with Gasteiger partial charge in [-0.05, 0) is 30.4 Å². The average molecular weight is 484 g/mol. The second-order valence-corrected chi connectivity index (χ2v) is 8.01. The molecule has 0 unspecified atom stereocenters. The molecule has 1 N–H and O–H groups in total. The first-order valence-corrected chi connectivity index (χ1v) is 10.5. The molecule has 0 spiro atoms. The van der Waals surface area contributed by atoms with Crippen molar-refractivity contribution in [3.63, 3.8) is 0 Å². The maximum absolute atomic E-state index is 13.0. The third-order valence-corrected chi connectivity index (χ3v) is 5.34. The quantitative estimate of drug-likeness (QED) is 0.503. The zero-order chi connectivity index (χ0) is 22.7. The molecule has 0 radical (unpaired) electrons. The molecule has 1 aliphatic rings. The Kier molecular flexibility index (Phi) is 6.72. The van der Waals surface area contributed by atoms with Crippen molar-refractivity contribution < 1.29 is 27.8 Å². The summed E-state index contributed by atoms with van der Waals surface area (Å²) in [6.45, 7) is -0.297. The number of ether oxygens (including phenoxy) is 3. The molecule has 0 aromatic carbocycles. The van der Waals surface area contributed by atoms with Crippen LogP contribution in [0, 0.1) is 6.92 Å². The number of hydrogen-bond acceptors (Lipinski definition) is 9. The number of carbonyl (C=O) groups excluding carboxylic acids is 1. The summed E-state index contributed by atoms with van der Waals surface area (Å²) in [4.78, 5) is 20.9. The van der Waals surface area contributed by atoms with E-state index in [4.69, 9.17) is 21.1 Å². The number of hydrogen-bond donors (Lipinski definition) is 1. The van der Waals surface area contributed by atoms with E-state index in [9.17, 15) is 13.6 Å². The zero-order valence-corrected chi connectivity index (χ0v) is 18.1. The predicted octanol–water partition coefficient (Wildman–Crippen LogP) is 3.98. The summed E-state index contributed by atoms with van der Waals surface area (Å²) in [6, 6.07) is 2.90. The van der Waals surface area contributed by atoms with Crippen LogP contribution in [0.25, 0.3) is 11.1 Å². The van der Waals surface area contributed by atoms with Gasteiger partial charge >= 0.3 is 6.61 Å². The number of nitrogens with zero attached hydrogens (tertiary/aromatic N) is 4. The van der Waals surface area contributed by atoms with E-state index in [0.717, 1.165) is 24.0 Å². The second-order valence-electron chi connectivity index (χ2n) is 6.68. The van der Waals surface area contributed by atoms with Crippen LogP contribution in [-0.4, -0.2) is 52.0 Å². The highest BCUT2D eigenvalue weighted by Gasteiger charge is 2.22. The molecule has 3 aromatic rings. The maximum atomic E-state index is 13.0. The lowest BCUT2D eigenvalue weighted by Gasteiger charge is -2.14. The van der Waals surface area contributed by atoms with Crippen LogP contribution in [0.4, 0.5) is 13.9 Å². The number of aryl methyl sites for hydroxylation is 1. The molecule has 1 saturated heterocycles. The molecule has 1 atom stereocenters. The smallest absolute Gasteiger partial charge is 0.387 e. The number of amides is 1. The summed E-state index contributed by atoms with van der Waals surface area (Å²) in [5.41, 5.74) is 1.11. The Labute approximate surface area is 189 Å². The fourth-order valence-corrected chi connectivity index (χ4v) is 3.82. The van der Waals surface area contributed by atoms with E-state index in [1.54, 1.807) is 13.0 Å². The molecule has 4 heterocycles. The summed E-state index contributed by atoms with van der Waals surface area (Å²) in [5, 5.41) is 11.0. The van der Waals surface area contributed by atoms with Crippen molar-refractivity contribution in [2.45, 2.75) is 26.1 Å². The SMILES string of the molecule is Cc1cc(-c2cc(Cl)ncc2OC(F)F)c(C(=O)Nc2nnc(O[C@H]3CCOC3)s2)cn1. The van der Waals surface area contributed by atoms with E-state index in [0.29, 0.717) is 29.7 Å². The van der Waals surface area contributed by atoms with Crippen LogP contribution in [0.1, 0.15) is 22.5 Å². The minimum absolute atomic E-state index is 0.0456. The number of halogens is 3. The molecule has 1 aliphatic heterocycles. The van der Waals surface area contributed by atoms with Crippen molar-refractivity contribution in [1.82, 2.24) is 20.2 Å². The molecular formula is C19H16ClF2N5O4S. The van der Waals surface area contributed by atoms with Crippen LogP contribution in [0.2, 0.25) is 5.15 Å². The van der Waals surface area contributed by atoms with Crippen molar-refractivity contribution >= 4 is 34.0 Å². The first kappa shape index (κ1) is 22.2.